The smallest absolute Gasteiger partial charge is 0.319 e. The molecule has 0 heterocycles. The highest BCUT2D eigenvalue weighted by Crippen LogP contribution is 2.36. The SMILES string of the molecule is CCCC(Sc1cc(NC(=O)CC)c(F)cc1Cl)C(=O)OCC. The number of benzene rings is 1. The van der Waals surface area contributed by atoms with Crippen molar-refractivity contribution in [3.05, 3.63) is 23.0 Å². The van der Waals surface area contributed by atoms with Crippen LogP contribution in [0, 0.1) is 5.82 Å². The van der Waals surface area contributed by atoms with Crippen LogP contribution in [0.1, 0.15) is 40.0 Å². The van der Waals surface area contributed by atoms with Crippen LogP contribution in [0.15, 0.2) is 17.0 Å². The molecule has 0 aromatic heterocycles. The monoisotopic (exact) mass is 361 g/mol. The fourth-order valence-corrected chi connectivity index (χ4v) is 3.30. The Labute approximate surface area is 145 Å². The highest BCUT2D eigenvalue weighted by Gasteiger charge is 2.22. The van der Waals surface area contributed by atoms with Crippen molar-refractivity contribution in [1.82, 2.24) is 0 Å². The predicted octanol–water partition coefficient (Wildman–Crippen LogP) is 4.65. The van der Waals surface area contributed by atoms with Gasteiger partial charge in [0.15, 0.2) is 0 Å². The van der Waals surface area contributed by atoms with Gasteiger partial charge < -0.3 is 10.1 Å². The number of thioether (sulfide) groups is 1. The molecule has 4 nitrogen and oxygen atoms in total. The van der Waals surface area contributed by atoms with Gasteiger partial charge in [-0.15, -0.1) is 11.8 Å². The number of hydrogen-bond acceptors (Lipinski definition) is 4. The van der Waals surface area contributed by atoms with Crippen LogP contribution < -0.4 is 5.32 Å². The molecule has 23 heavy (non-hydrogen) atoms. The molecule has 0 spiro atoms. The zero-order valence-electron chi connectivity index (χ0n) is 13.4. The zero-order valence-corrected chi connectivity index (χ0v) is 15.0. The van der Waals surface area contributed by atoms with Crippen LogP contribution in [-0.4, -0.2) is 23.7 Å². The second-order valence-corrected chi connectivity index (χ2v) is 6.46. The van der Waals surface area contributed by atoms with E-state index in [0.29, 0.717) is 17.9 Å². The van der Waals surface area contributed by atoms with Gasteiger partial charge in [0.1, 0.15) is 11.1 Å². The van der Waals surface area contributed by atoms with E-state index in [2.05, 4.69) is 5.32 Å². The summed E-state index contributed by atoms with van der Waals surface area (Å²) in [5.74, 6) is -1.22. The molecule has 0 saturated carbocycles. The van der Waals surface area contributed by atoms with E-state index in [0.717, 1.165) is 12.5 Å². The first kappa shape index (κ1) is 19.8. The summed E-state index contributed by atoms with van der Waals surface area (Å²) in [6.45, 7) is 5.69. The van der Waals surface area contributed by atoms with Crippen molar-refractivity contribution >= 4 is 40.9 Å². The summed E-state index contributed by atoms with van der Waals surface area (Å²) < 4.78 is 18.9. The zero-order chi connectivity index (χ0) is 17.4. The molecule has 1 amide bonds. The summed E-state index contributed by atoms with van der Waals surface area (Å²) in [7, 11) is 0. The maximum Gasteiger partial charge on any atom is 0.319 e. The Morgan fingerprint density at radius 1 is 1.35 bits per heavy atom. The molecule has 128 valence electrons. The molecule has 0 aliphatic heterocycles. The molecule has 0 saturated heterocycles. The number of hydrogen-bond donors (Lipinski definition) is 1. The quantitative estimate of drug-likeness (QED) is 0.540. The molecule has 1 rings (SSSR count). The van der Waals surface area contributed by atoms with Gasteiger partial charge in [0.05, 0.1) is 17.3 Å². The maximum atomic E-state index is 13.9. The van der Waals surface area contributed by atoms with Gasteiger partial charge in [-0.1, -0.05) is 31.9 Å². The summed E-state index contributed by atoms with van der Waals surface area (Å²) in [5.41, 5.74) is 0.0582. The van der Waals surface area contributed by atoms with Crippen molar-refractivity contribution in [2.45, 2.75) is 50.2 Å². The van der Waals surface area contributed by atoms with Gasteiger partial charge in [0.25, 0.3) is 0 Å². The lowest BCUT2D eigenvalue weighted by atomic mass is 10.2. The molecule has 0 bridgehead atoms. The lowest BCUT2D eigenvalue weighted by Gasteiger charge is -2.16. The Hall–Kier alpha value is -1.27. The number of carbonyl (C=O) groups is 2. The molecule has 0 aliphatic rings. The van der Waals surface area contributed by atoms with Crippen molar-refractivity contribution in [3.63, 3.8) is 0 Å². The highest BCUT2D eigenvalue weighted by atomic mass is 35.5. The predicted molar refractivity (Wildman–Crippen MR) is 91.5 cm³/mol. The Balaban J connectivity index is 3.02. The number of amides is 1. The molecule has 1 unspecified atom stereocenters. The number of rotatable bonds is 8. The van der Waals surface area contributed by atoms with Crippen molar-refractivity contribution in [2.75, 3.05) is 11.9 Å². The lowest BCUT2D eigenvalue weighted by molar-refractivity contribution is -0.142. The van der Waals surface area contributed by atoms with E-state index < -0.39 is 11.1 Å². The molecule has 1 N–H and O–H groups in total. The fraction of sp³-hybridized carbons (Fsp3) is 0.500. The molecule has 0 radical (unpaired) electrons. The van der Waals surface area contributed by atoms with Gasteiger partial charge in [-0.05, 0) is 25.5 Å². The molecular formula is C16H21ClFNO3S. The van der Waals surface area contributed by atoms with Gasteiger partial charge in [0, 0.05) is 11.3 Å². The molecule has 7 heteroatoms. The number of halogens is 2. The van der Waals surface area contributed by atoms with Gasteiger partial charge >= 0.3 is 5.97 Å². The first-order chi connectivity index (χ1) is 10.9. The van der Waals surface area contributed by atoms with E-state index in [1.807, 2.05) is 6.92 Å². The first-order valence-electron chi connectivity index (χ1n) is 7.55. The van der Waals surface area contributed by atoms with Crippen molar-refractivity contribution in [3.8, 4) is 0 Å². The number of nitrogens with one attached hydrogen (secondary N) is 1. The van der Waals surface area contributed by atoms with E-state index >= 15 is 0 Å². The number of esters is 1. The normalized spacial score (nSPS) is 11.9. The molecule has 1 aromatic rings. The number of carbonyl (C=O) groups excluding carboxylic acids is 2. The van der Waals surface area contributed by atoms with Gasteiger partial charge in [-0.25, -0.2) is 4.39 Å². The van der Waals surface area contributed by atoms with E-state index in [1.165, 1.54) is 17.8 Å². The van der Waals surface area contributed by atoms with Crippen molar-refractivity contribution in [2.24, 2.45) is 0 Å². The van der Waals surface area contributed by atoms with Crippen LogP contribution in [-0.2, 0) is 14.3 Å². The number of ether oxygens (including phenoxy) is 1. The third-order valence-electron chi connectivity index (χ3n) is 2.99. The molecule has 0 aliphatic carbocycles. The van der Waals surface area contributed by atoms with Gasteiger partial charge in [0.2, 0.25) is 5.91 Å². The summed E-state index contributed by atoms with van der Waals surface area (Å²) >= 11 is 7.29. The minimum atomic E-state index is -0.607. The standard InChI is InChI=1S/C16H21ClFNO3S/c1-4-7-13(16(21)22-6-3)23-14-9-12(19-15(20)5-2)11(18)8-10(14)17/h8-9,13H,4-7H2,1-3H3,(H,19,20). The largest absolute Gasteiger partial charge is 0.465 e. The van der Waals surface area contributed by atoms with Crippen LogP contribution in [0.4, 0.5) is 10.1 Å². The Morgan fingerprint density at radius 2 is 2.04 bits per heavy atom. The maximum absolute atomic E-state index is 13.9. The Bertz CT molecular complexity index is 569. The summed E-state index contributed by atoms with van der Waals surface area (Å²) in [6, 6.07) is 2.60. The Morgan fingerprint density at radius 3 is 2.61 bits per heavy atom. The summed E-state index contributed by atoms with van der Waals surface area (Å²) in [4.78, 5) is 24.0. The average Bonchev–Trinajstić information content (AvgIpc) is 2.51. The highest BCUT2D eigenvalue weighted by molar-refractivity contribution is 8.00. The third-order valence-corrected chi connectivity index (χ3v) is 4.72. The van der Waals surface area contributed by atoms with Gasteiger partial charge in [-0.3, -0.25) is 9.59 Å². The molecule has 0 fully saturated rings. The molecule has 1 aromatic carbocycles. The number of anilines is 1. The van der Waals surface area contributed by atoms with E-state index in [9.17, 15) is 14.0 Å². The third kappa shape index (κ3) is 6.03. The average molecular weight is 362 g/mol. The topological polar surface area (TPSA) is 55.4 Å². The van der Waals surface area contributed by atoms with Crippen LogP contribution in [0.5, 0.6) is 0 Å². The first-order valence-corrected chi connectivity index (χ1v) is 8.80. The van der Waals surface area contributed by atoms with Crippen LogP contribution in [0.3, 0.4) is 0 Å². The van der Waals surface area contributed by atoms with Crippen molar-refractivity contribution in [1.29, 1.82) is 0 Å². The van der Waals surface area contributed by atoms with Crippen LogP contribution in [0.2, 0.25) is 5.02 Å². The van der Waals surface area contributed by atoms with E-state index in [1.54, 1.807) is 13.8 Å². The minimum Gasteiger partial charge on any atom is -0.465 e. The van der Waals surface area contributed by atoms with Crippen LogP contribution in [0.25, 0.3) is 0 Å². The second-order valence-electron chi connectivity index (χ2n) is 4.81. The van der Waals surface area contributed by atoms with E-state index in [4.69, 9.17) is 16.3 Å². The lowest BCUT2D eigenvalue weighted by Crippen LogP contribution is -2.20. The van der Waals surface area contributed by atoms with Gasteiger partial charge in [-0.2, -0.15) is 0 Å². The van der Waals surface area contributed by atoms with Crippen LogP contribution >= 0.6 is 23.4 Å². The van der Waals surface area contributed by atoms with E-state index in [-0.39, 0.29) is 29.0 Å². The summed E-state index contributed by atoms with van der Waals surface area (Å²) in [6.07, 6.45) is 1.66. The fourth-order valence-electron chi connectivity index (χ4n) is 1.83. The molecule has 1 atom stereocenters. The second kappa shape index (κ2) is 9.78. The Kier molecular flexibility index (Phi) is 8.41. The minimum absolute atomic E-state index is 0.0582. The molecular weight excluding hydrogens is 341 g/mol. The summed E-state index contributed by atoms with van der Waals surface area (Å²) in [5, 5.41) is 2.27. The van der Waals surface area contributed by atoms with Crippen molar-refractivity contribution < 1.29 is 18.7 Å².